The van der Waals surface area contributed by atoms with Crippen LogP contribution in [0.1, 0.15) is 49.0 Å². The van der Waals surface area contributed by atoms with Gasteiger partial charge in [0, 0.05) is 56.8 Å². The Morgan fingerprint density at radius 3 is 1.55 bits per heavy atom. The van der Waals surface area contributed by atoms with E-state index in [0.29, 0.717) is 78.5 Å². The third kappa shape index (κ3) is 8.13. The monoisotopic (exact) mass is 781 g/mol. The number of aliphatic hydroxyl groups excluding tert-OH is 2. The van der Waals surface area contributed by atoms with Gasteiger partial charge in [0.2, 0.25) is 17.7 Å². The molecule has 4 atom stereocenters. The van der Waals surface area contributed by atoms with Crippen molar-refractivity contribution in [2.45, 2.75) is 50.0 Å². The third-order valence-electron chi connectivity index (χ3n) is 9.89. The van der Waals surface area contributed by atoms with E-state index in [-0.39, 0.29) is 21.9 Å². The normalized spacial score (nSPS) is 17.8. The molecule has 4 aromatic carbocycles. The Balaban J connectivity index is 0.941. The summed E-state index contributed by atoms with van der Waals surface area (Å²) in [6, 6.07) is 25.6. The second kappa shape index (κ2) is 16.5. The van der Waals surface area contributed by atoms with Crippen molar-refractivity contribution in [2.75, 3.05) is 23.7 Å². The van der Waals surface area contributed by atoms with Gasteiger partial charge in [-0.2, -0.15) is 0 Å². The molecule has 55 heavy (non-hydrogen) atoms. The van der Waals surface area contributed by atoms with Gasteiger partial charge in [0.25, 0.3) is 11.8 Å². The summed E-state index contributed by atoms with van der Waals surface area (Å²) in [5.74, 6) is -1.00. The Hall–Kier alpha value is -5.53. The number of carbonyl (C=O) groups excluding carboxylic acids is 4. The maximum absolute atomic E-state index is 13.3. The number of hydrogen-bond donors (Lipinski definition) is 4. The van der Waals surface area contributed by atoms with Gasteiger partial charge in [-0.05, 0) is 86.3 Å². The molecule has 0 saturated carbocycles. The van der Waals surface area contributed by atoms with Crippen molar-refractivity contribution >= 4 is 58.2 Å². The summed E-state index contributed by atoms with van der Waals surface area (Å²) in [6.45, 7) is 0.696. The quantitative estimate of drug-likeness (QED) is 0.122. The van der Waals surface area contributed by atoms with Crippen LogP contribution in [0.4, 0.5) is 11.4 Å². The van der Waals surface area contributed by atoms with Crippen LogP contribution in [-0.4, -0.2) is 73.8 Å². The SMILES string of the molecule is O=C(Nc1ccc(-c2cnc(-c3ccc(NC(=O)C4CCCN4C(=O)C(O)c4ccccc4Cl)cc3)o2)cc1)C1CCCN1C(=O)C(O)c1ccccc1Cl. The maximum Gasteiger partial charge on any atom is 0.256 e. The fraction of sp³-hybridized carbons (Fsp3) is 0.244. The highest BCUT2D eigenvalue weighted by atomic mass is 35.5. The van der Waals surface area contributed by atoms with Crippen LogP contribution in [-0.2, 0) is 19.2 Å². The van der Waals surface area contributed by atoms with E-state index >= 15 is 0 Å². The summed E-state index contributed by atoms with van der Waals surface area (Å²) in [5, 5.41) is 27.8. The molecule has 12 nitrogen and oxygen atoms in total. The number of nitrogens with zero attached hydrogens (tertiary/aromatic N) is 3. The molecular formula is C41H37Cl2N5O7. The van der Waals surface area contributed by atoms with E-state index in [1.165, 1.54) is 9.80 Å². The Labute approximate surface area is 326 Å². The topological polar surface area (TPSA) is 165 Å². The van der Waals surface area contributed by atoms with Crippen LogP contribution in [0, 0.1) is 0 Å². The zero-order valence-corrected chi connectivity index (χ0v) is 30.9. The van der Waals surface area contributed by atoms with Gasteiger partial charge in [0.05, 0.1) is 6.20 Å². The molecule has 5 aromatic rings. The molecule has 7 rings (SSSR count). The number of benzene rings is 4. The van der Waals surface area contributed by atoms with Crippen LogP contribution in [0.3, 0.4) is 0 Å². The minimum absolute atomic E-state index is 0.276. The van der Waals surface area contributed by atoms with Gasteiger partial charge in [0.1, 0.15) is 12.1 Å². The van der Waals surface area contributed by atoms with Gasteiger partial charge in [-0.1, -0.05) is 59.6 Å². The molecule has 1 aromatic heterocycles. The molecule has 2 aliphatic heterocycles. The molecule has 4 amide bonds. The minimum atomic E-state index is -1.47. The number of rotatable bonds is 10. The lowest BCUT2D eigenvalue weighted by Crippen LogP contribution is -2.45. The van der Waals surface area contributed by atoms with Crippen molar-refractivity contribution in [2.24, 2.45) is 0 Å². The van der Waals surface area contributed by atoms with Crippen molar-refractivity contribution in [3.63, 3.8) is 0 Å². The van der Waals surface area contributed by atoms with E-state index in [0.717, 1.165) is 5.56 Å². The highest BCUT2D eigenvalue weighted by Crippen LogP contribution is 2.32. The van der Waals surface area contributed by atoms with Crippen molar-refractivity contribution < 1.29 is 33.8 Å². The molecule has 2 fully saturated rings. The van der Waals surface area contributed by atoms with Crippen molar-refractivity contribution in [1.29, 1.82) is 0 Å². The molecule has 0 aliphatic carbocycles. The van der Waals surface area contributed by atoms with Crippen LogP contribution in [0.5, 0.6) is 0 Å². The van der Waals surface area contributed by atoms with Crippen molar-refractivity contribution in [3.8, 4) is 22.8 Å². The fourth-order valence-electron chi connectivity index (χ4n) is 6.99. The van der Waals surface area contributed by atoms with Gasteiger partial charge in [-0.25, -0.2) is 4.98 Å². The first-order valence-electron chi connectivity index (χ1n) is 17.8. The first kappa shape index (κ1) is 37.8. The predicted molar refractivity (Wildman–Crippen MR) is 207 cm³/mol. The zero-order chi connectivity index (χ0) is 38.6. The number of halogens is 2. The second-order valence-electron chi connectivity index (χ2n) is 13.4. The Kier molecular flexibility index (Phi) is 11.3. The standard InChI is InChI=1S/C41H37Cl2N5O7/c42-30-9-3-1-7-28(30)35(49)40(53)47-21-5-11-32(47)37(51)45-26-17-13-24(14-18-26)34-23-44-39(55-34)25-15-19-27(20-16-25)46-38(52)33-12-6-22-48(33)41(54)36(50)29-8-2-4-10-31(29)43/h1-4,7-10,13-20,23,32-33,35-36,49-50H,5-6,11-12,21-22H2,(H,45,51)(H,46,52). The molecular weight excluding hydrogens is 745 g/mol. The van der Waals surface area contributed by atoms with Gasteiger partial charge >= 0.3 is 0 Å². The minimum Gasteiger partial charge on any atom is -0.436 e. The maximum atomic E-state index is 13.3. The average Bonchev–Trinajstić information content (AvgIpc) is 4.00. The Morgan fingerprint density at radius 2 is 1.09 bits per heavy atom. The molecule has 14 heteroatoms. The molecule has 3 heterocycles. The summed E-state index contributed by atoms with van der Waals surface area (Å²) >= 11 is 12.4. The van der Waals surface area contributed by atoms with E-state index in [1.54, 1.807) is 103 Å². The van der Waals surface area contributed by atoms with Crippen LogP contribution in [0.25, 0.3) is 22.8 Å². The molecule has 4 N–H and O–H groups in total. The van der Waals surface area contributed by atoms with E-state index in [4.69, 9.17) is 27.6 Å². The highest BCUT2D eigenvalue weighted by Gasteiger charge is 2.39. The Bertz CT molecular complexity index is 2060. The molecule has 0 radical (unpaired) electrons. The number of aliphatic hydroxyl groups is 2. The average molecular weight is 783 g/mol. The van der Waals surface area contributed by atoms with E-state index < -0.39 is 36.1 Å². The summed E-state index contributed by atoms with van der Waals surface area (Å²) < 4.78 is 6.04. The van der Waals surface area contributed by atoms with Crippen LogP contribution in [0.2, 0.25) is 10.0 Å². The second-order valence-corrected chi connectivity index (χ2v) is 14.2. The van der Waals surface area contributed by atoms with Crippen LogP contribution < -0.4 is 10.6 Å². The predicted octanol–water partition coefficient (Wildman–Crippen LogP) is 6.64. The molecule has 282 valence electrons. The Morgan fingerprint density at radius 1 is 0.655 bits per heavy atom. The van der Waals surface area contributed by atoms with E-state index in [1.807, 2.05) is 0 Å². The van der Waals surface area contributed by atoms with Crippen molar-refractivity contribution in [1.82, 2.24) is 14.8 Å². The first-order chi connectivity index (χ1) is 26.6. The molecule has 0 bridgehead atoms. The van der Waals surface area contributed by atoms with Crippen LogP contribution in [0.15, 0.2) is 108 Å². The lowest BCUT2D eigenvalue weighted by molar-refractivity contribution is -0.144. The lowest BCUT2D eigenvalue weighted by atomic mass is 10.1. The number of carbonyl (C=O) groups is 4. The lowest BCUT2D eigenvalue weighted by Gasteiger charge is -2.26. The van der Waals surface area contributed by atoms with E-state index in [2.05, 4.69) is 15.6 Å². The summed E-state index contributed by atoms with van der Waals surface area (Å²) in [6.07, 6.45) is 0.835. The number of nitrogens with one attached hydrogen (secondary N) is 2. The molecule has 2 saturated heterocycles. The number of aromatic nitrogens is 1. The van der Waals surface area contributed by atoms with E-state index in [9.17, 15) is 29.4 Å². The number of amides is 4. The summed E-state index contributed by atoms with van der Waals surface area (Å²) in [4.78, 5) is 60.0. The number of anilines is 2. The summed E-state index contributed by atoms with van der Waals surface area (Å²) in [7, 11) is 0. The van der Waals surface area contributed by atoms with Gasteiger partial charge in [-0.15, -0.1) is 0 Å². The smallest absolute Gasteiger partial charge is 0.256 e. The zero-order valence-electron chi connectivity index (χ0n) is 29.4. The van der Waals surface area contributed by atoms with Crippen LogP contribution >= 0.6 is 23.2 Å². The van der Waals surface area contributed by atoms with Crippen molar-refractivity contribution in [3.05, 3.63) is 124 Å². The third-order valence-corrected chi connectivity index (χ3v) is 10.6. The summed E-state index contributed by atoms with van der Waals surface area (Å²) in [5.41, 5.74) is 3.02. The number of oxazole rings is 1. The molecule has 0 spiro atoms. The largest absolute Gasteiger partial charge is 0.436 e. The van der Waals surface area contributed by atoms with Gasteiger partial charge in [-0.3, -0.25) is 19.2 Å². The molecule has 2 aliphatic rings. The first-order valence-corrected chi connectivity index (χ1v) is 18.6. The highest BCUT2D eigenvalue weighted by molar-refractivity contribution is 6.32. The number of likely N-dealkylation sites (tertiary alicyclic amines) is 2. The van der Waals surface area contributed by atoms with Gasteiger partial charge < -0.3 is 35.1 Å². The van der Waals surface area contributed by atoms with Gasteiger partial charge in [0.15, 0.2) is 18.0 Å². The fourth-order valence-corrected chi connectivity index (χ4v) is 7.46. The number of hydrogen-bond acceptors (Lipinski definition) is 8. The molecule has 4 unspecified atom stereocenters.